The van der Waals surface area contributed by atoms with Gasteiger partial charge < -0.3 is 19.9 Å². The second-order valence-electron chi connectivity index (χ2n) is 4.68. The van der Waals surface area contributed by atoms with Gasteiger partial charge >= 0.3 is 5.97 Å². The molecule has 17 heavy (non-hydrogen) atoms. The molecular weight excluding hydrogens is 222 g/mol. The van der Waals surface area contributed by atoms with Crippen LogP contribution in [0.4, 0.5) is 0 Å². The van der Waals surface area contributed by atoms with Crippen molar-refractivity contribution in [2.24, 2.45) is 5.41 Å². The molecule has 0 amide bonds. The van der Waals surface area contributed by atoms with Crippen molar-refractivity contribution in [3.8, 4) is 0 Å². The predicted molar refractivity (Wildman–Crippen MR) is 60.7 cm³/mol. The van der Waals surface area contributed by atoms with Crippen molar-refractivity contribution in [1.29, 1.82) is 0 Å². The number of carboxylic acid groups (broad SMARTS) is 1. The van der Waals surface area contributed by atoms with E-state index in [-0.39, 0.29) is 17.6 Å². The number of hydrogen-bond acceptors (Lipinski definition) is 4. The number of aromatic carboxylic acids is 1. The molecule has 1 aliphatic carbocycles. The molecule has 1 aromatic rings. The van der Waals surface area contributed by atoms with Crippen LogP contribution in [0.15, 0.2) is 16.7 Å². The second kappa shape index (κ2) is 4.89. The molecule has 1 aromatic heterocycles. The van der Waals surface area contributed by atoms with E-state index in [1.54, 1.807) is 0 Å². The van der Waals surface area contributed by atoms with Crippen molar-refractivity contribution < 1.29 is 19.4 Å². The maximum Gasteiger partial charge on any atom is 0.338 e. The van der Waals surface area contributed by atoms with E-state index in [4.69, 9.17) is 14.6 Å². The summed E-state index contributed by atoms with van der Waals surface area (Å²) >= 11 is 0. The summed E-state index contributed by atoms with van der Waals surface area (Å²) in [5, 5.41) is 20.9. The highest BCUT2D eigenvalue weighted by molar-refractivity contribution is 5.87. The molecule has 2 rings (SSSR count). The van der Waals surface area contributed by atoms with Crippen LogP contribution in [-0.4, -0.2) is 29.3 Å². The Morgan fingerprint density at radius 1 is 1.53 bits per heavy atom. The van der Waals surface area contributed by atoms with E-state index >= 15 is 0 Å². The topological polar surface area (TPSA) is 82.7 Å². The monoisotopic (exact) mass is 239 g/mol. The lowest BCUT2D eigenvalue weighted by molar-refractivity contribution is 0.0696. The molecule has 94 valence electrons. The van der Waals surface area contributed by atoms with Crippen molar-refractivity contribution >= 4 is 5.97 Å². The maximum atomic E-state index is 10.6. The van der Waals surface area contributed by atoms with Gasteiger partial charge in [-0.05, 0) is 30.7 Å². The van der Waals surface area contributed by atoms with E-state index in [0.717, 1.165) is 25.8 Å². The fourth-order valence-electron chi connectivity index (χ4n) is 1.97. The Morgan fingerprint density at radius 3 is 2.82 bits per heavy atom. The molecule has 0 atom stereocenters. The van der Waals surface area contributed by atoms with Gasteiger partial charge in [0.05, 0.1) is 12.1 Å². The molecule has 0 saturated heterocycles. The van der Waals surface area contributed by atoms with Crippen molar-refractivity contribution in [3.63, 3.8) is 0 Å². The molecule has 5 heteroatoms. The van der Waals surface area contributed by atoms with Crippen molar-refractivity contribution in [3.05, 3.63) is 23.7 Å². The number of furan rings is 1. The Hall–Kier alpha value is -1.33. The fraction of sp³-hybridized carbons (Fsp3) is 0.583. The quantitative estimate of drug-likeness (QED) is 0.666. The van der Waals surface area contributed by atoms with Gasteiger partial charge in [0.15, 0.2) is 0 Å². The lowest BCUT2D eigenvalue weighted by Crippen LogP contribution is -2.24. The third-order valence-corrected chi connectivity index (χ3v) is 3.30. The first-order valence-corrected chi connectivity index (χ1v) is 5.77. The van der Waals surface area contributed by atoms with Crippen LogP contribution in [0.2, 0.25) is 0 Å². The van der Waals surface area contributed by atoms with Gasteiger partial charge in [0.25, 0.3) is 0 Å². The third-order valence-electron chi connectivity index (χ3n) is 3.30. The molecule has 0 unspecified atom stereocenters. The van der Waals surface area contributed by atoms with Gasteiger partial charge in [-0.3, -0.25) is 0 Å². The zero-order valence-electron chi connectivity index (χ0n) is 9.61. The summed E-state index contributed by atoms with van der Waals surface area (Å²) in [5.74, 6) is -0.346. The van der Waals surface area contributed by atoms with Gasteiger partial charge in [0.2, 0.25) is 0 Å². The van der Waals surface area contributed by atoms with Crippen LogP contribution in [0.5, 0.6) is 0 Å². The minimum absolute atomic E-state index is 0.179. The van der Waals surface area contributed by atoms with Crippen LogP contribution in [-0.2, 0) is 6.54 Å². The van der Waals surface area contributed by atoms with E-state index in [0.29, 0.717) is 12.3 Å². The first kappa shape index (κ1) is 12.1. The fourth-order valence-corrected chi connectivity index (χ4v) is 1.97. The van der Waals surface area contributed by atoms with Crippen molar-refractivity contribution in [2.75, 3.05) is 13.2 Å². The number of nitrogens with one attached hydrogen (secondary N) is 1. The SMILES string of the molecule is O=C(O)c1coc(CNCC2(CCO)CC2)c1. The van der Waals surface area contributed by atoms with E-state index in [2.05, 4.69) is 5.32 Å². The van der Waals surface area contributed by atoms with Gasteiger partial charge in [0, 0.05) is 13.2 Å². The summed E-state index contributed by atoms with van der Waals surface area (Å²) in [4.78, 5) is 10.6. The Labute approximate surface area is 99.4 Å². The number of aliphatic hydroxyl groups excluding tert-OH is 1. The van der Waals surface area contributed by atoms with Gasteiger partial charge in [-0.15, -0.1) is 0 Å². The Bertz CT molecular complexity index is 395. The standard InChI is InChI=1S/C12H17NO4/c14-4-3-12(1-2-12)8-13-6-10-5-9(7-17-10)11(15)16/h5,7,13-14H,1-4,6,8H2,(H,15,16). The van der Waals surface area contributed by atoms with E-state index in [9.17, 15) is 4.79 Å². The van der Waals surface area contributed by atoms with Crippen LogP contribution >= 0.6 is 0 Å². The van der Waals surface area contributed by atoms with Gasteiger partial charge in [-0.2, -0.15) is 0 Å². The van der Waals surface area contributed by atoms with Crippen LogP contribution in [0, 0.1) is 5.41 Å². The largest absolute Gasteiger partial charge is 0.478 e. The van der Waals surface area contributed by atoms with Crippen molar-refractivity contribution in [2.45, 2.75) is 25.8 Å². The van der Waals surface area contributed by atoms with Crippen LogP contribution < -0.4 is 5.32 Å². The molecule has 1 aliphatic rings. The molecule has 0 bridgehead atoms. The molecular formula is C12H17NO4. The van der Waals surface area contributed by atoms with Crippen LogP contribution in [0.3, 0.4) is 0 Å². The summed E-state index contributed by atoms with van der Waals surface area (Å²) in [6.07, 6.45) is 4.39. The van der Waals surface area contributed by atoms with Gasteiger partial charge in [-0.1, -0.05) is 0 Å². The van der Waals surface area contributed by atoms with Gasteiger partial charge in [0.1, 0.15) is 12.0 Å². The Morgan fingerprint density at radius 2 is 2.29 bits per heavy atom. The van der Waals surface area contributed by atoms with Crippen LogP contribution in [0.25, 0.3) is 0 Å². The highest BCUT2D eigenvalue weighted by atomic mass is 16.4. The highest BCUT2D eigenvalue weighted by Crippen LogP contribution is 2.47. The Kier molecular flexibility index (Phi) is 3.49. The van der Waals surface area contributed by atoms with E-state index < -0.39 is 5.97 Å². The summed E-state index contributed by atoms with van der Waals surface area (Å²) in [6, 6.07) is 1.53. The lowest BCUT2D eigenvalue weighted by Gasteiger charge is -2.13. The summed E-state index contributed by atoms with van der Waals surface area (Å²) in [7, 11) is 0. The normalized spacial score (nSPS) is 17.0. The molecule has 0 aromatic carbocycles. The van der Waals surface area contributed by atoms with E-state index in [1.807, 2.05) is 0 Å². The predicted octanol–water partition coefficient (Wildman–Crippen LogP) is 1.23. The minimum atomic E-state index is -0.973. The third kappa shape index (κ3) is 3.08. The first-order valence-electron chi connectivity index (χ1n) is 5.77. The summed E-state index contributed by atoms with van der Waals surface area (Å²) < 4.78 is 5.13. The average Bonchev–Trinajstić information content (AvgIpc) is 2.88. The molecule has 0 spiro atoms. The number of rotatable bonds is 7. The summed E-state index contributed by atoms with van der Waals surface area (Å²) in [6.45, 7) is 1.60. The van der Waals surface area contributed by atoms with E-state index in [1.165, 1.54) is 12.3 Å². The number of carbonyl (C=O) groups is 1. The zero-order valence-corrected chi connectivity index (χ0v) is 9.61. The highest BCUT2D eigenvalue weighted by Gasteiger charge is 2.41. The molecule has 0 aliphatic heterocycles. The van der Waals surface area contributed by atoms with Gasteiger partial charge in [-0.25, -0.2) is 4.79 Å². The molecule has 5 nitrogen and oxygen atoms in total. The molecule has 0 radical (unpaired) electrons. The zero-order chi connectivity index (χ0) is 12.3. The second-order valence-corrected chi connectivity index (χ2v) is 4.68. The van der Waals surface area contributed by atoms with Crippen LogP contribution in [0.1, 0.15) is 35.4 Å². The molecule has 3 N–H and O–H groups in total. The number of carboxylic acids is 1. The van der Waals surface area contributed by atoms with Crippen molar-refractivity contribution in [1.82, 2.24) is 5.32 Å². The molecule has 1 heterocycles. The average molecular weight is 239 g/mol. The maximum absolute atomic E-state index is 10.6. The molecule has 1 fully saturated rings. The number of aliphatic hydroxyl groups is 1. The number of hydrogen-bond donors (Lipinski definition) is 3. The lowest BCUT2D eigenvalue weighted by atomic mass is 10.0. The first-order chi connectivity index (χ1) is 8.15. The Balaban J connectivity index is 1.76. The minimum Gasteiger partial charge on any atom is -0.478 e. The molecule has 1 saturated carbocycles. The summed E-state index contributed by atoms with van der Waals surface area (Å²) in [5.41, 5.74) is 0.440. The smallest absolute Gasteiger partial charge is 0.338 e.